The van der Waals surface area contributed by atoms with Gasteiger partial charge >= 0.3 is 5.97 Å². The highest BCUT2D eigenvalue weighted by atomic mass is 33.1. The van der Waals surface area contributed by atoms with Crippen molar-refractivity contribution < 1.29 is 14.7 Å². The molecule has 1 N–H and O–H groups in total. The number of likely N-dealkylation sites (N-methyl/N-ethyl adjacent to an activating group) is 1. The van der Waals surface area contributed by atoms with E-state index < -0.39 is 12.0 Å². The van der Waals surface area contributed by atoms with Crippen LogP contribution < -0.4 is 0 Å². The van der Waals surface area contributed by atoms with Gasteiger partial charge in [0, 0.05) is 18.2 Å². The first-order valence-corrected chi connectivity index (χ1v) is 7.97. The summed E-state index contributed by atoms with van der Waals surface area (Å²) in [6.07, 6.45) is 3.13. The molecule has 100 valence electrons. The van der Waals surface area contributed by atoms with E-state index in [1.54, 1.807) is 21.6 Å². The quantitative estimate of drug-likeness (QED) is 0.726. The number of hydrogen-bond acceptors (Lipinski definition) is 4. The van der Waals surface area contributed by atoms with Gasteiger partial charge in [-0.1, -0.05) is 21.6 Å². The summed E-state index contributed by atoms with van der Waals surface area (Å²) in [4.78, 5) is 23.8. The zero-order valence-electron chi connectivity index (χ0n) is 11.0. The van der Waals surface area contributed by atoms with Gasteiger partial charge in [0.15, 0.2) is 0 Å². The lowest BCUT2D eigenvalue weighted by molar-refractivity contribution is -0.148. The molecular formula is C11H21NO3S2. The SMILES string of the molecule is CSSC(C)(C)CCC(=O)N(C)C(C)C(=O)O. The van der Waals surface area contributed by atoms with Crippen LogP contribution in [0.5, 0.6) is 0 Å². The molecule has 0 aromatic carbocycles. The molecule has 0 aliphatic heterocycles. The summed E-state index contributed by atoms with van der Waals surface area (Å²) in [7, 11) is 4.95. The molecule has 0 aromatic heterocycles. The van der Waals surface area contributed by atoms with Crippen molar-refractivity contribution in [2.75, 3.05) is 13.3 Å². The van der Waals surface area contributed by atoms with Crippen LogP contribution in [0.15, 0.2) is 0 Å². The predicted molar refractivity (Wildman–Crippen MR) is 74.3 cm³/mol. The Balaban J connectivity index is 4.23. The van der Waals surface area contributed by atoms with Crippen molar-refractivity contribution in [3.8, 4) is 0 Å². The number of rotatable bonds is 7. The Morgan fingerprint density at radius 3 is 2.35 bits per heavy atom. The molecule has 0 heterocycles. The van der Waals surface area contributed by atoms with Crippen LogP contribution in [0.3, 0.4) is 0 Å². The number of carboxylic acids is 1. The van der Waals surface area contributed by atoms with Crippen molar-refractivity contribution in [3.63, 3.8) is 0 Å². The lowest BCUT2D eigenvalue weighted by atomic mass is 10.1. The van der Waals surface area contributed by atoms with Gasteiger partial charge in [-0.05, 0) is 33.4 Å². The van der Waals surface area contributed by atoms with Crippen LogP contribution in [-0.2, 0) is 9.59 Å². The van der Waals surface area contributed by atoms with Crippen LogP contribution >= 0.6 is 21.6 Å². The van der Waals surface area contributed by atoms with Crippen molar-refractivity contribution in [1.82, 2.24) is 4.90 Å². The standard InChI is InChI=1S/C11H21NO3S2/c1-8(10(14)15)12(4)9(13)6-7-11(2,3)17-16-5/h8H,6-7H2,1-5H3,(H,14,15). The Labute approximate surface area is 111 Å². The zero-order chi connectivity index (χ0) is 13.6. The highest BCUT2D eigenvalue weighted by Crippen LogP contribution is 2.37. The van der Waals surface area contributed by atoms with E-state index in [4.69, 9.17) is 5.11 Å². The van der Waals surface area contributed by atoms with Gasteiger partial charge in [0.1, 0.15) is 6.04 Å². The summed E-state index contributed by atoms with van der Waals surface area (Å²) in [6.45, 7) is 5.69. The van der Waals surface area contributed by atoms with Gasteiger partial charge in [0.05, 0.1) is 0 Å². The fourth-order valence-corrected chi connectivity index (χ4v) is 3.47. The van der Waals surface area contributed by atoms with Crippen LogP contribution in [0.2, 0.25) is 0 Å². The third-order valence-electron chi connectivity index (χ3n) is 2.58. The van der Waals surface area contributed by atoms with Gasteiger partial charge in [0.25, 0.3) is 0 Å². The van der Waals surface area contributed by atoms with E-state index in [-0.39, 0.29) is 10.7 Å². The van der Waals surface area contributed by atoms with Crippen LogP contribution in [0.4, 0.5) is 0 Å². The minimum absolute atomic E-state index is 0.0301. The number of carbonyl (C=O) groups is 2. The Morgan fingerprint density at radius 2 is 1.94 bits per heavy atom. The first-order chi connectivity index (χ1) is 7.71. The number of carbonyl (C=O) groups excluding carboxylic acids is 1. The first-order valence-electron chi connectivity index (χ1n) is 5.41. The summed E-state index contributed by atoms with van der Waals surface area (Å²) < 4.78 is 0.0301. The fourth-order valence-electron chi connectivity index (χ4n) is 1.23. The monoisotopic (exact) mass is 279 g/mol. The lowest BCUT2D eigenvalue weighted by Crippen LogP contribution is -2.40. The summed E-state index contributed by atoms with van der Waals surface area (Å²) >= 11 is 0. The van der Waals surface area contributed by atoms with E-state index >= 15 is 0 Å². The third kappa shape index (κ3) is 6.21. The topological polar surface area (TPSA) is 57.6 Å². The van der Waals surface area contributed by atoms with Crippen molar-refractivity contribution in [2.24, 2.45) is 0 Å². The van der Waals surface area contributed by atoms with E-state index in [9.17, 15) is 9.59 Å². The molecular weight excluding hydrogens is 258 g/mol. The number of amides is 1. The second-order valence-corrected chi connectivity index (χ2v) is 7.63. The predicted octanol–water partition coefficient (Wildman–Crippen LogP) is 2.49. The molecule has 0 saturated carbocycles. The van der Waals surface area contributed by atoms with Crippen molar-refractivity contribution >= 4 is 33.5 Å². The molecule has 0 radical (unpaired) electrons. The highest BCUT2D eigenvalue weighted by Gasteiger charge is 2.24. The van der Waals surface area contributed by atoms with Crippen molar-refractivity contribution in [1.29, 1.82) is 0 Å². The van der Waals surface area contributed by atoms with Crippen LogP contribution in [0.1, 0.15) is 33.6 Å². The molecule has 1 atom stereocenters. The maximum atomic E-state index is 11.8. The Kier molecular flexibility index (Phi) is 7.01. The molecule has 0 spiro atoms. The van der Waals surface area contributed by atoms with Gasteiger partial charge in [-0.2, -0.15) is 0 Å². The van der Waals surface area contributed by atoms with Gasteiger partial charge in [-0.15, -0.1) is 0 Å². The molecule has 0 aromatic rings. The van der Waals surface area contributed by atoms with Crippen LogP contribution in [0.25, 0.3) is 0 Å². The summed E-state index contributed by atoms with van der Waals surface area (Å²) in [5.41, 5.74) is 0. The van der Waals surface area contributed by atoms with Crippen LogP contribution in [-0.4, -0.2) is 46.0 Å². The first kappa shape index (κ1) is 16.6. The molecule has 1 unspecified atom stereocenters. The molecule has 0 bridgehead atoms. The van der Waals surface area contributed by atoms with Gasteiger partial charge in [0.2, 0.25) is 5.91 Å². The van der Waals surface area contributed by atoms with Gasteiger partial charge in [-0.3, -0.25) is 4.79 Å². The maximum absolute atomic E-state index is 11.8. The van der Waals surface area contributed by atoms with Gasteiger partial charge < -0.3 is 10.0 Å². The number of nitrogens with zero attached hydrogens (tertiary/aromatic N) is 1. The van der Waals surface area contributed by atoms with E-state index in [2.05, 4.69) is 13.8 Å². The van der Waals surface area contributed by atoms with E-state index in [1.807, 2.05) is 6.26 Å². The molecule has 0 fully saturated rings. The molecule has 0 aliphatic carbocycles. The highest BCUT2D eigenvalue weighted by molar-refractivity contribution is 8.76. The fraction of sp³-hybridized carbons (Fsp3) is 0.818. The summed E-state index contributed by atoms with van der Waals surface area (Å²) in [5, 5.41) is 8.81. The summed E-state index contributed by atoms with van der Waals surface area (Å²) in [5.74, 6) is -1.09. The number of carboxylic acid groups (broad SMARTS) is 1. The Morgan fingerprint density at radius 1 is 1.41 bits per heavy atom. The maximum Gasteiger partial charge on any atom is 0.326 e. The number of hydrogen-bond donors (Lipinski definition) is 1. The minimum Gasteiger partial charge on any atom is -0.480 e. The summed E-state index contributed by atoms with van der Waals surface area (Å²) in [6, 6.07) is -0.765. The molecule has 0 aliphatic rings. The smallest absolute Gasteiger partial charge is 0.326 e. The van der Waals surface area contributed by atoms with Crippen LogP contribution in [0, 0.1) is 0 Å². The molecule has 0 rings (SSSR count). The molecule has 0 saturated heterocycles. The molecule has 1 amide bonds. The minimum atomic E-state index is -0.974. The average molecular weight is 279 g/mol. The number of aliphatic carboxylic acids is 1. The Bertz CT molecular complexity index is 282. The second kappa shape index (κ2) is 7.16. The Hall–Kier alpha value is -0.360. The second-order valence-electron chi connectivity index (χ2n) is 4.53. The zero-order valence-corrected chi connectivity index (χ0v) is 12.7. The van der Waals surface area contributed by atoms with E-state index in [0.717, 1.165) is 6.42 Å². The van der Waals surface area contributed by atoms with Crippen molar-refractivity contribution in [3.05, 3.63) is 0 Å². The third-order valence-corrected chi connectivity index (χ3v) is 5.26. The van der Waals surface area contributed by atoms with E-state index in [1.165, 1.54) is 18.9 Å². The van der Waals surface area contributed by atoms with Crippen molar-refractivity contribution in [2.45, 2.75) is 44.4 Å². The molecule has 4 nitrogen and oxygen atoms in total. The molecule has 17 heavy (non-hydrogen) atoms. The normalized spacial score (nSPS) is 13.2. The van der Waals surface area contributed by atoms with E-state index in [0.29, 0.717) is 6.42 Å². The van der Waals surface area contributed by atoms with Gasteiger partial charge in [-0.25, -0.2) is 4.79 Å². The molecule has 6 heteroatoms. The lowest BCUT2D eigenvalue weighted by Gasteiger charge is -2.25. The largest absolute Gasteiger partial charge is 0.480 e. The average Bonchev–Trinajstić information content (AvgIpc) is 2.23.